The molecule has 1 aromatic carbocycles. The molecule has 1 heterocycles. The SMILES string of the molecule is COc1cc(OC)cc(-c2nnc(SCC(=O)N[C@H]3C[C@@H]4CC[C@H]3C4)o2)c1. The molecule has 7 nitrogen and oxygen atoms in total. The monoisotopic (exact) mass is 389 g/mol. The molecule has 4 rings (SSSR count). The fraction of sp³-hybridized carbons (Fsp3) is 0.526. The maximum absolute atomic E-state index is 12.2. The molecule has 1 N–H and O–H groups in total. The Hall–Kier alpha value is -2.22. The second-order valence-electron chi connectivity index (χ2n) is 7.11. The average molecular weight is 389 g/mol. The number of benzene rings is 1. The zero-order valence-corrected chi connectivity index (χ0v) is 16.3. The molecule has 27 heavy (non-hydrogen) atoms. The van der Waals surface area contributed by atoms with E-state index >= 15 is 0 Å². The Kier molecular flexibility index (Phi) is 5.24. The summed E-state index contributed by atoms with van der Waals surface area (Å²) in [4.78, 5) is 12.2. The van der Waals surface area contributed by atoms with Gasteiger partial charge in [-0.2, -0.15) is 0 Å². The Balaban J connectivity index is 1.35. The molecule has 8 heteroatoms. The van der Waals surface area contributed by atoms with Crippen LogP contribution in [-0.2, 0) is 4.79 Å². The lowest BCUT2D eigenvalue weighted by atomic mass is 9.95. The predicted molar refractivity (Wildman–Crippen MR) is 101 cm³/mol. The van der Waals surface area contributed by atoms with Crippen LogP contribution in [0.1, 0.15) is 25.7 Å². The van der Waals surface area contributed by atoms with Gasteiger partial charge in [0.1, 0.15) is 11.5 Å². The predicted octanol–water partition coefficient (Wildman–Crippen LogP) is 3.15. The van der Waals surface area contributed by atoms with Gasteiger partial charge in [-0.1, -0.05) is 18.2 Å². The summed E-state index contributed by atoms with van der Waals surface area (Å²) in [6.45, 7) is 0. The fourth-order valence-corrected chi connectivity index (χ4v) is 4.69. The second-order valence-corrected chi connectivity index (χ2v) is 8.04. The van der Waals surface area contributed by atoms with Crippen molar-refractivity contribution in [1.82, 2.24) is 15.5 Å². The fourth-order valence-electron chi connectivity index (χ4n) is 4.11. The van der Waals surface area contributed by atoms with Crippen molar-refractivity contribution in [2.75, 3.05) is 20.0 Å². The van der Waals surface area contributed by atoms with Crippen molar-refractivity contribution in [2.24, 2.45) is 11.8 Å². The van der Waals surface area contributed by atoms with E-state index in [-0.39, 0.29) is 11.7 Å². The summed E-state index contributed by atoms with van der Waals surface area (Å²) >= 11 is 1.25. The highest BCUT2D eigenvalue weighted by Gasteiger charge is 2.40. The first-order chi connectivity index (χ1) is 13.1. The molecular formula is C19H23N3O4S. The van der Waals surface area contributed by atoms with Gasteiger partial charge >= 0.3 is 0 Å². The molecule has 3 atom stereocenters. The number of hydrogen-bond donors (Lipinski definition) is 1. The summed E-state index contributed by atoms with van der Waals surface area (Å²) in [6.07, 6.45) is 4.98. The van der Waals surface area contributed by atoms with Gasteiger partial charge in [0.25, 0.3) is 5.22 Å². The van der Waals surface area contributed by atoms with E-state index in [0.717, 1.165) is 12.3 Å². The standard InChI is InChI=1S/C19H23N3O4S/c1-24-14-7-13(8-15(9-14)25-2)18-21-22-19(26-18)27-10-17(23)20-16-6-11-3-4-12(16)5-11/h7-9,11-12,16H,3-6,10H2,1-2H3,(H,20,23)/t11-,12+,16+/m1/s1. The smallest absolute Gasteiger partial charge is 0.277 e. The topological polar surface area (TPSA) is 86.5 Å². The number of carbonyl (C=O) groups excluding carboxylic acids is 1. The Morgan fingerprint density at radius 1 is 1.19 bits per heavy atom. The summed E-state index contributed by atoms with van der Waals surface area (Å²) in [6, 6.07) is 5.72. The number of nitrogens with one attached hydrogen (secondary N) is 1. The molecule has 2 aliphatic rings. The van der Waals surface area contributed by atoms with Crippen LogP contribution in [0, 0.1) is 11.8 Å². The minimum Gasteiger partial charge on any atom is -0.497 e. The number of carbonyl (C=O) groups is 1. The zero-order chi connectivity index (χ0) is 18.8. The number of aromatic nitrogens is 2. The molecule has 2 saturated carbocycles. The van der Waals surface area contributed by atoms with E-state index < -0.39 is 0 Å². The van der Waals surface area contributed by atoms with E-state index in [1.54, 1.807) is 32.4 Å². The van der Waals surface area contributed by atoms with Crippen LogP contribution in [0.3, 0.4) is 0 Å². The Morgan fingerprint density at radius 2 is 1.96 bits per heavy atom. The van der Waals surface area contributed by atoms with Gasteiger partial charge in [0.05, 0.1) is 20.0 Å². The molecule has 2 aromatic rings. The van der Waals surface area contributed by atoms with Gasteiger partial charge in [-0.05, 0) is 43.2 Å². The Labute approximate surface area is 162 Å². The summed E-state index contributed by atoms with van der Waals surface area (Å²) in [5, 5.41) is 11.6. The number of nitrogens with zero attached hydrogens (tertiary/aromatic N) is 2. The molecule has 0 unspecified atom stereocenters. The number of fused-ring (bicyclic) bond motifs is 2. The highest BCUT2D eigenvalue weighted by Crippen LogP contribution is 2.44. The number of hydrogen-bond acceptors (Lipinski definition) is 7. The highest BCUT2D eigenvalue weighted by atomic mass is 32.2. The minimum absolute atomic E-state index is 0.0281. The van der Waals surface area contributed by atoms with E-state index in [0.29, 0.717) is 40.1 Å². The van der Waals surface area contributed by atoms with E-state index in [1.807, 2.05) is 0 Å². The van der Waals surface area contributed by atoms with Crippen molar-refractivity contribution >= 4 is 17.7 Å². The van der Waals surface area contributed by atoms with Gasteiger partial charge in [-0.25, -0.2) is 0 Å². The summed E-state index contributed by atoms with van der Waals surface area (Å²) in [5.41, 5.74) is 0.706. The second kappa shape index (κ2) is 7.80. The molecule has 0 saturated heterocycles. The van der Waals surface area contributed by atoms with Crippen LogP contribution in [-0.4, -0.2) is 42.1 Å². The number of rotatable bonds is 7. The van der Waals surface area contributed by atoms with Gasteiger partial charge in [-0.15, -0.1) is 10.2 Å². The first-order valence-corrected chi connectivity index (χ1v) is 10.1. The van der Waals surface area contributed by atoms with Crippen molar-refractivity contribution in [3.05, 3.63) is 18.2 Å². The Bertz CT molecular complexity index is 803. The Morgan fingerprint density at radius 3 is 2.59 bits per heavy atom. The number of ether oxygens (including phenoxy) is 2. The largest absolute Gasteiger partial charge is 0.497 e. The number of thioether (sulfide) groups is 1. The van der Waals surface area contributed by atoms with Crippen LogP contribution < -0.4 is 14.8 Å². The maximum atomic E-state index is 12.2. The van der Waals surface area contributed by atoms with Crippen molar-refractivity contribution in [2.45, 2.75) is 36.9 Å². The molecular weight excluding hydrogens is 366 g/mol. The lowest BCUT2D eigenvalue weighted by Crippen LogP contribution is -2.39. The first kappa shape index (κ1) is 18.2. The van der Waals surface area contributed by atoms with E-state index in [2.05, 4.69) is 15.5 Å². The molecule has 1 amide bonds. The molecule has 1 aromatic heterocycles. The quantitative estimate of drug-likeness (QED) is 0.728. The minimum atomic E-state index is 0.0281. The van der Waals surface area contributed by atoms with E-state index in [9.17, 15) is 4.79 Å². The van der Waals surface area contributed by atoms with Crippen molar-refractivity contribution < 1.29 is 18.7 Å². The number of amides is 1. The number of methoxy groups -OCH3 is 2. The van der Waals surface area contributed by atoms with Gasteiger partial charge in [0.2, 0.25) is 11.8 Å². The van der Waals surface area contributed by atoms with E-state index in [4.69, 9.17) is 13.9 Å². The summed E-state index contributed by atoms with van der Waals surface area (Å²) < 4.78 is 16.2. The van der Waals surface area contributed by atoms with Crippen LogP contribution >= 0.6 is 11.8 Å². The summed E-state index contributed by atoms with van der Waals surface area (Å²) in [7, 11) is 3.17. The lowest BCUT2D eigenvalue weighted by Gasteiger charge is -2.22. The molecule has 0 radical (unpaired) electrons. The normalized spacial score (nSPS) is 23.4. The van der Waals surface area contributed by atoms with E-state index in [1.165, 1.54) is 31.0 Å². The molecule has 2 aliphatic carbocycles. The van der Waals surface area contributed by atoms with Crippen molar-refractivity contribution in [1.29, 1.82) is 0 Å². The van der Waals surface area contributed by atoms with Gasteiger partial charge in [0.15, 0.2) is 0 Å². The average Bonchev–Trinajstić information content (AvgIpc) is 3.42. The van der Waals surface area contributed by atoms with Crippen molar-refractivity contribution in [3.63, 3.8) is 0 Å². The van der Waals surface area contributed by atoms with Crippen molar-refractivity contribution in [3.8, 4) is 23.0 Å². The van der Waals surface area contributed by atoms with Crippen LogP contribution in [0.2, 0.25) is 0 Å². The van der Waals surface area contributed by atoms with Gasteiger partial charge in [-0.3, -0.25) is 4.79 Å². The first-order valence-electron chi connectivity index (χ1n) is 9.13. The third-order valence-corrected chi connectivity index (χ3v) is 6.23. The molecule has 2 bridgehead atoms. The maximum Gasteiger partial charge on any atom is 0.277 e. The van der Waals surface area contributed by atoms with Crippen LogP contribution in [0.15, 0.2) is 27.8 Å². The van der Waals surface area contributed by atoms with Crippen LogP contribution in [0.5, 0.6) is 11.5 Å². The lowest BCUT2D eigenvalue weighted by molar-refractivity contribution is -0.119. The van der Waals surface area contributed by atoms with Gasteiger partial charge in [0, 0.05) is 17.7 Å². The van der Waals surface area contributed by atoms with Gasteiger partial charge < -0.3 is 19.2 Å². The molecule has 2 fully saturated rings. The zero-order valence-electron chi connectivity index (χ0n) is 15.4. The third-order valence-electron chi connectivity index (χ3n) is 5.42. The molecule has 0 spiro atoms. The molecule has 0 aliphatic heterocycles. The molecule has 144 valence electrons. The van der Waals surface area contributed by atoms with Crippen LogP contribution in [0.4, 0.5) is 0 Å². The van der Waals surface area contributed by atoms with Crippen LogP contribution in [0.25, 0.3) is 11.5 Å². The highest BCUT2D eigenvalue weighted by molar-refractivity contribution is 7.99. The third kappa shape index (κ3) is 4.05. The summed E-state index contributed by atoms with van der Waals surface area (Å²) in [5.74, 6) is 3.43.